The van der Waals surface area contributed by atoms with Crippen molar-refractivity contribution in [2.24, 2.45) is 5.92 Å². The van der Waals surface area contributed by atoms with E-state index in [0.717, 1.165) is 39.9 Å². The first kappa shape index (κ1) is 28.5. The smallest absolute Gasteiger partial charge is 0.247 e. The largest absolute Gasteiger partial charge is 0.323 e. The summed E-state index contributed by atoms with van der Waals surface area (Å²) >= 11 is 0. The molecular weight excluding hydrogens is 506 g/mol. The number of allylic oxidation sites excluding steroid dienone is 1. The topological polar surface area (TPSA) is 79.4 Å². The van der Waals surface area contributed by atoms with E-state index in [1.54, 1.807) is 25.2 Å². The van der Waals surface area contributed by atoms with Crippen molar-refractivity contribution >= 4 is 27.2 Å². The number of carbonyl (C=O) groups is 1. The Hall–Kier alpha value is -3.55. The third kappa shape index (κ3) is 5.89. The van der Waals surface area contributed by atoms with Gasteiger partial charge in [-0.05, 0) is 86.2 Å². The molecule has 2 unspecified atom stereocenters. The molecule has 1 amide bonds. The molecule has 2 aromatic carbocycles. The minimum Gasteiger partial charge on any atom is -0.323 e. The van der Waals surface area contributed by atoms with Crippen molar-refractivity contribution in [3.63, 3.8) is 0 Å². The zero-order valence-corrected chi connectivity index (χ0v) is 24.3. The number of pyridine rings is 1. The van der Waals surface area contributed by atoms with Crippen LogP contribution in [0.3, 0.4) is 0 Å². The molecule has 204 valence electrons. The molecule has 39 heavy (non-hydrogen) atoms. The van der Waals surface area contributed by atoms with Gasteiger partial charge in [0.1, 0.15) is 0 Å². The van der Waals surface area contributed by atoms with Gasteiger partial charge in [-0.15, -0.1) is 0 Å². The van der Waals surface area contributed by atoms with Gasteiger partial charge in [-0.3, -0.25) is 9.78 Å². The fourth-order valence-corrected chi connectivity index (χ4v) is 6.25. The van der Waals surface area contributed by atoms with Crippen LogP contribution in [-0.2, 0) is 14.8 Å². The summed E-state index contributed by atoms with van der Waals surface area (Å²) < 4.78 is 28.3. The van der Waals surface area contributed by atoms with Gasteiger partial charge in [0.2, 0.25) is 15.9 Å². The molecule has 0 fully saturated rings. The number of hydrogen-bond acceptors (Lipinski definition) is 4. The highest BCUT2D eigenvalue weighted by atomic mass is 32.2. The maximum Gasteiger partial charge on any atom is 0.247 e. The fourth-order valence-electron chi connectivity index (χ4n) is 4.69. The zero-order valence-electron chi connectivity index (χ0n) is 23.5. The van der Waals surface area contributed by atoms with Crippen molar-refractivity contribution in [2.45, 2.75) is 57.4 Å². The van der Waals surface area contributed by atoms with E-state index in [-0.39, 0.29) is 16.7 Å². The van der Waals surface area contributed by atoms with Crippen LogP contribution in [0.5, 0.6) is 0 Å². The lowest BCUT2D eigenvalue weighted by molar-refractivity contribution is -0.111. The van der Waals surface area contributed by atoms with Crippen molar-refractivity contribution < 1.29 is 13.2 Å². The Balaban J connectivity index is 1.83. The fraction of sp³-hybridized carbons (Fsp3) is 0.312. The first-order valence-electron chi connectivity index (χ1n) is 13.2. The normalized spacial score (nSPS) is 17.7. The zero-order chi connectivity index (χ0) is 28.5. The standard InChI is InChI=1S/C32H37N3O3S/c1-8-30(36)34-26-13-9-11-23(17-26)25-19-29-28(16-15-21(2)22(3)31(29)33-20-25)24-12-10-14-27(18-24)39(37,38)35(7)32(4,5)6/h8-14,16-22H,1,15H2,2-7H3,(H,34,36). The maximum absolute atomic E-state index is 13.5. The van der Waals surface area contributed by atoms with E-state index in [1.165, 1.54) is 10.4 Å². The number of nitrogens with one attached hydrogen (secondary N) is 1. The molecule has 1 aliphatic rings. The minimum absolute atomic E-state index is 0.222. The van der Waals surface area contributed by atoms with Crippen molar-refractivity contribution in [1.82, 2.24) is 9.29 Å². The van der Waals surface area contributed by atoms with Gasteiger partial charge in [0.25, 0.3) is 0 Å². The van der Waals surface area contributed by atoms with Gasteiger partial charge in [0.05, 0.1) is 10.6 Å². The number of hydrogen-bond donors (Lipinski definition) is 1. The summed E-state index contributed by atoms with van der Waals surface area (Å²) in [5, 5.41) is 2.81. The Morgan fingerprint density at radius 2 is 1.74 bits per heavy atom. The summed E-state index contributed by atoms with van der Waals surface area (Å²) in [5.74, 6) is 0.322. The molecule has 0 radical (unpaired) electrons. The number of carbonyl (C=O) groups excluding carboxylic acids is 1. The monoisotopic (exact) mass is 543 g/mol. The molecule has 0 spiro atoms. The summed E-state index contributed by atoms with van der Waals surface area (Å²) in [4.78, 5) is 17.0. The number of nitrogens with zero attached hydrogens (tertiary/aromatic N) is 2. The summed E-state index contributed by atoms with van der Waals surface area (Å²) in [5.41, 5.74) is 5.74. The van der Waals surface area contributed by atoms with Crippen LogP contribution in [0.25, 0.3) is 16.7 Å². The first-order valence-corrected chi connectivity index (χ1v) is 14.6. The van der Waals surface area contributed by atoms with Crippen LogP contribution in [-0.4, -0.2) is 36.2 Å². The Morgan fingerprint density at radius 3 is 2.44 bits per heavy atom. The van der Waals surface area contributed by atoms with Gasteiger partial charge in [0.15, 0.2) is 0 Å². The van der Waals surface area contributed by atoms with E-state index in [0.29, 0.717) is 11.6 Å². The second-order valence-corrected chi connectivity index (χ2v) is 13.2. The number of fused-ring (bicyclic) bond motifs is 1. The molecule has 7 heteroatoms. The molecule has 2 atom stereocenters. The maximum atomic E-state index is 13.5. The van der Waals surface area contributed by atoms with Gasteiger partial charge in [-0.2, -0.15) is 4.31 Å². The minimum atomic E-state index is -3.69. The molecule has 1 aliphatic carbocycles. The Morgan fingerprint density at radius 1 is 1.05 bits per heavy atom. The third-order valence-corrected chi connectivity index (χ3v) is 9.70. The quantitative estimate of drug-likeness (QED) is 0.344. The van der Waals surface area contributed by atoms with Crippen LogP contribution >= 0.6 is 0 Å². The summed E-state index contributed by atoms with van der Waals surface area (Å²) in [6.45, 7) is 13.6. The average molecular weight is 544 g/mol. The van der Waals surface area contributed by atoms with Crippen LogP contribution in [0.15, 0.2) is 84.4 Å². The Bertz CT molecular complexity index is 1550. The van der Waals surface area contributed by atoms with Gasteiger partial charge >= 0.3 is 0 Å². The number of rotatable bonds is 6. The number of anilines is 1. The Labute approximate surface area is 232 Å². The van der Waals surface area contributed by atoms with Gasteiger partial charge in [0, 0.05) is 41.5 Å². The second-order valence-electron chi connectivity index (χ2n) is 11.2. The Kier molecular flexibility index (Phi) is 7.96. The van der Waals surface area contributed by atoms with Crippen LogP contribution in [0.4, 0.5) is 5.69 Å². The van der Waals surface area contributed by atoms with Crippen LogP contribution in [0, 0.1) is 5.92 Å². The summed E-state index contributed by atoms with van der Waals surface area (Å²) in [6.07, 6.45) is 6.17. The van der Waals surface area contributed by atoms with Crippen molar-refractivity contribution in [3.05, 3.63) is 96.3 Å². The van der Waals surface area contributed by atoms with Gasteiger partial charge in [-0.25, -0.2) is 8.42 Å². The van der Waals surface area contributed by atoms with Crippen molar-refractivity contribution in [3.8, 4) is 11.1 Å². The van der Waals surface area contributed by atoms with Crippen LogP contribution < -0.4 is 5.32 Å². The molecule has 0 saturated heterocycles. The van der Waals surface area contributed by atoms with Crippen LogP contribution in [0.1, 0.15) is 63.8 Å². The lowest BCUT2D eigenvalue weighted by atomic mass is 9.88. The highest BCUT2D eigenvalue weighted by molar-refractivity contribution is 7.89. The van der Waals surface area contributed by atoms with E-state index in [2.05, 4.69) is 37.9 Å². The third-order valence-electron chi connectivity index (χ3n) is 7.58. The first-order chi connectivity index (χ1) is 18.3. The lowest BCUT2D eigenvalue weighted by Crippen LogP contribution is -2.42. The average Bonchev–Trinajstić information content (AvgIpc) is 3.03. The van der Waals surface area contributed by atoms with Crippen molar-refractivity contribution in [2.75, 3.05) is 12.4 Å². The molecule has 0 saturated carbocycles. The van der Waals surface area contributed by atoms with Gasteiger partial charge < -0.3 is 5.32 Å². The molecule has 1 heterocycles. The highest BCUT2D eigenvalue weighted by Crippen LogP contribution is 2.40. The number of benzene rings is 2. The van der Waals surface area contributed by atoms with E-state index in [4.69, 9.17) is 4.98 Å². The number of amides is 1. The SMILES string of the molecule is C=CC(=O)Nc1cccc(-c2cnc3c(c2)C(c2cccc(S(=O)(=O)N(C)C(C)(C)C)c2)=CCC(C)C3C)c1. The predicted molar refractivity (Wildman–Crippen MR) is 159 cm³/mol. The second kappa shape index (κ2) is 10.9. The van der Waals surface area contributed by atoms with Gasteiger partial charge in [-0.1, -0.05) is 50.8 Å². The highest BCUT2D eigenvalue weighted by Gasteiger charge is 2.31. The molecule has 1 N–H and O–H groups in total. The van der Waals surface area contributed by atoms with Crippen LogP contribution in [0.2, 0.25) is 0 Å². The molecule has 0 bridgehead atoms. The van der Waals surface area contributed by atoms with E-state index in [9.17, 15) is 13.2 Å². The molecule has 3 aromatic rings. The molecule has 1 aromatic heterocycles. The van der Waals surface area contributed by atoms with E-state index in [1.807, 2.05) is 57.3 Å². The number of aromatic nitrogens is 1. The lowest BCUT2D eigenvalue weighted by Gasteiger charge is -2.31. The molecule has 0 aliphatic heterocycles. The molecule has 4 rings (SSSR count). The molecule has 6 nitrogen and oxygen atoms in total. The molecular formula is C32H37N3O3S. The van der Waals surface area contributed by atoms with Crippen molar-refractivity contribution in [1.29, 1.82) is 0 Å². The van der Waals surface area contributed by atoms with E-state index < -0.39 is 15.6 Å². The van der Waals surface area contributed by atoms with E-state index >= 15 is 0 Å². The predicted octanol–water partition coefficient (Wildman–Crippen LogP) is 6.87. The summed E-state index contributed by atoms with van der Waals surface area (Å²) in [7, 11) is -2.07. The summed E-state index contributed by atoms with van der Waals surface area (Å²) in [6, 6.07) is 16.9. The number of sulfonamides is 1.